The Morgan fingerprint density at radius 1 is 1.03 bits per heavy atom. The van der Waals surface area contributed by atoms with Gasteiger partial charge in [0.25, 0.3) is 0 Å². The van der Waals surface area contributed by atoms with Crippen molar-refractivity contribution in [2.45, 2.75) is 160 Å². The first-order chi connectivity index (χ1) is 29.5. The molecule has 3 fully saturated rings. The molecule has 18 nitrogen and oxygen atoms in total. The van der Waals surface area contributed by atoms with Crippen LogP contribution in [0.4, 0.5) is 14.9 Å². The maximum absolute atomic E-state index is 13.7. The van der Waals surface area contributed by atoms with E-state index in [1.165, 1.54) is 36.9 Å². The van der Waals surface area contributed by atoms with Gasteiger partial charge in [0.1, 0.15) is 41.5 Å². The highest BCUT2D eigenvalue weighted by Crippen LogP contribution is 2.37. The van der Waals surface area contributed by atoms with Crippen LogP contribution in [-0.2, 0) is 41.6 Å². The number of ether oxygens (including phenoxy) is 5. The number of esters is 1. The van der Waals surface area contributed by atoms with Crippen LogP contribution < -0.4 is 4.90 Å². The molecule has 5 N–H and O–H groups in total. The molecule has 3 saturated heterocycles. The van der Waals surface area contributed by atoms with Gasteiger partial charge in [-0.15, -0.1) is 5.10 Å². The second-order valence-corrected chi connectivity index (χ2v) is 18.7. The number of carbonyl (C=O) groups excluding carboxylic acids is 2. The molecule has 356 valence electrons. The number of aliphatic hydroxyl groups excluding tert-OH is 3. The zero-order valence-electron chi connectivity index (χ0n) is 38.4. The lowest BCUT2D eigenvalue weighted by atomic mass is 9.78. The average molecular weight is 895 g/mol. The van der Waals surface area contributed by atoms with Gasteiger partial charge in [-0.25, -0.2) is 13.9 Å². The van der Waals surface area contributed by atoms with Crippen LogP contribution in [0.5, 0.6) is 0 Å². The summed E-state index contributed by atoms with van der Waals surface area (Å²) in [5, 5.41) is 66.9. The van der Waals surface area contributed by atoms with Crippen molar-refractivity contribution in [1.82, 2.24) is 24.8 Å². The van der Waals surface area contributed by atoms with Crippen LogP contribution in [0.3, 0.4) is 0 Å². The maximum Gasteiger partial charge on any atom is 0.414 e. The standard InChI is InChI=1S/C44H71FN6O12/c1-11-35-44(8,58)38(54)29(6)49(10)20-25(2)19-43(7,57)39(27(4)36(52)28(5)40(55)62-35)63-41-37(53)34(17-26(3)60-41)48(9)15-16-59-24-31-21-50(47-46-31)22-33-23-51(42(56)61-33)32-14-12-13-30(45)18-32/h12-14,18,21,25-29,33-39,41,52-54,57-58H,11,15-17,19-20,22-24H2,1-10H3/t25-,26-,27+,28-,29-,33+,34+,35-,36+,37-,38-,39-,41+,43-,44-/m1/s1. The maximum atomic E-state index is 13.7. The van der Waals surface area contributed by atoms with Gasteiger partial charge in [-0.3, -0.25) is 14.6 Å². The van der Waals surface area contributed by atoms with Gasteiger partial charge in [-0.2, -0.15) is 0 Å². The Morgan fingerprint density at radius 3 is 2.43 bits per heavy atom. The number of rotatable bonds is 12. The Bertz CT molecular complexity index is 1800. The Balaban J connectivity index is 1.21. The summed E-state index contributed by atoms with van der Waals surface area (Å²) in [7, 11) is 3.67. The molecule has 3 aliphatic rings. The molecular weight excluding hydrogens is 824 g/mol. The molecule has 1 aromatic heterocycles. The van der Waals surface area contributed by atoms with Crippen molar-refractivity contribution in [1.29, 1.82) is 0 Å². The van der Waals surface area contributed by atoms with Gasteiger partial charge < -0.3 is 54.1 Å². The van der Waals surface area contributed by atoms with Crippen molar-refractivity contribution in [3.8, 4) is 0 Å². The minimum Gasteiger partial charge on any atom is -0.459 e. The first kappa shape index (κ1) is 50.6. The van der Waals surface area contributed by atoms with Crippen molar-refractivity contribution in [3.05, 3.63) is 42.0 Å². The van der Waals surface area contributed by atoms with Gasteiger partial charge in [0.2, 0.25) is 0 Å². The summed E-state index contributed by atoms with van der Waals surface area (Å²) in [4.78, 5) is 31.2. The molecule has 15 atom stereocenters. The monoisotopic (exact) mass is 895 g/mol. The number of hydrogen-bond acceptors (Lipinski definition) is 16. The Hall–Kier alpha value is -3.37. The number of aromatic nitrogens is 3. The van der Waals surface area contributed by atoms with Crippen LogP contribution in [0.1, 0.15) is 80.3 Å². The van der Waals surface area contributed by atoms with Gasteiger partial charge >= 0.3 is 12.1 Å². The molecule has 19 heteroatoms. The number of benzene rings is 1. The fourth-order valence-corrected chi connectivity index (χ4v) is 9.39. The number of likely N-dealkylation sites (N-methyl/N-ethyl adjacent to an activating group) is 2. The third-order valence-electron chi connectivity index (χ3n) is 13.2. The van der Waals surface area contributed by atoms with Gasteiger partial charge in [0.15, 0.2) is 6.29 Å². The summed E-state index contributed by atoms with van der Waals surface area (Å²) in [5.74, 6) is -3.39. The zero-order valence-corrected chi connectivity index (χ0v) is 38.4. The summed E-state index contributed by atoms with van der Waals surface area (Å²) in [6.07, 6.45) is -6.13. The van der Waals surface area contributed by atoms with E-state index >= 15 is 0 Å². The summed E-state index contributed by atoms with van der Waals surface area (Å²) in [6.45, 7) is 15.3. The average Bonchev–Trinajstić information content (AvgIpc) is 3.83. The van der Waals surface area contributed by atoms with Crippen molar-refractivity contribution >= 4 is 17.7 Å². The number of aliphatic hydroxyl groups is 5. The van der Waals surface area contributed by atoms with E-state index in [4.69, 9.17) is 23.7 Å². The van der Waals surface area contributed by atoms with E-state index in [2.05, 4.69) is 10.3 Å². The van der Waals surface area contributed by atoms with E-state index in [9.17, 15) is 39.5 Å². The lowest BCUT2D eigenvalue weighted by Gasteiger charge is -2.47. The highest BCUT2D eigenvalue weighted by atomic mass is 19.1. The predicted molar refractivity (Wildman–Crippen MR) is 228 cm³/mol. The van der Waals surface area contributed by atoms with E-state index in [1.54, 1.807) is 44.6 Å². The fraction of sp³-hybridized carbons (Fsp3) is 0.773. The summed E-state index contributed by atoms with van der Waals surface area (Å²) in [6, 6.07) is 4.75. The highest BCUT2D eigenvalue weighted by Gasteiger charge is 2.50. The molecular formula is C44H71FN6O12. The predicted octanol–water partition coefficient (Wildman–Crippen LogP) is 2.32. The molecule has 0 saturated carbocycles. The topological polar surface area (TPSA) is 222 Å². The van der Waals surface area contributed by atoms with Crippen molar-refractivity contribution in [2.75, 3.05) is 45.2 Å². The normalized spacial score (nSPS) is 38.0. The number of hydrogen-bond donors (Lipinski definition) is 5. The summed E-state index contributed by atoms with van der Waals surface area (Å²) in [5.41, 5.74) is -2.43. The highest BCUT2D eigenvalue weighted by molar-refractivity contribution is 5.89. The number of nitrogens with zero attached hydrogens (tertiary/aromatic N) is 6. The lowest BCUT2D eigenvalue weighted by molar-refractivity contribution is -0.300. The van der Waals surface area contributed by atoms with Crippen LogP contribution >= 0.6 is 0 Å². The molecule has 4 heterocycles. The van der Waals surface area contributed by atoms with Crippen LogP contribution in [0, 0.1) is 23.6 Å². The van der Waals surface area contributed by atoms with Crippen molar-refractivity contribution in [3.63, 3.8) is 0 Å². The van der Waals surface area contributed by atoms with Gasteiger partial charge in [0, 0.05) is 31.1 Å². The third kappa shape index (κ3) is 12.3. The fourth-order valence-electron chi connectivity index (χ4n) is 9.39. The minimum atomic E-state index is -1.80. The van der Waals surface area contributed by atoms with Crippen LogP contribution in [0.15, 0.2) is 30.5 Å². The summed E-state index contributed by atoms with van der Waals surface area (Å²) >= 11 is 0. The number of amides is 1. The largest absolute Gasteiger partial charge is 0.459 e. The summed E-state index contributed by atoms with van der Waals surface area (Å²) < 4.78 is 45.2. The minimum absolute atomic E-state index is 0.154. The molecule has 0 unspecified atom stereocenters. The zero-order chi connectivity index (χ0) is 46.6. The Morgan fingerprint density at radius 2 is 1.75 bits per heavy atom. The molecule has 63 heavy (non-hydrogen) atoms. The molecule has 2 aromatic rings. The van der Waals surface area contributed by atoms with Crippen LogP contribution in [-0.4, -0.2) is 175 Å². The third-order valence-corrected chi connectivity index (χ3v) is 13.2. The Labute approximate surface area is 370 Å². The van der Waals surface area contributed by atoms with E-state index in [-0.39, 0.29) is 51.2 Å². The second-order valence-electron chi connectivity index (χ2n) is 18.7. The smallest absolute Gasteiger partial charge is 0.414 e. The van der Waals surface area contributed by atoms with Crippen molar-refractivity contribution < 1.29 is 63.2 Å². The van der Waals surface area contributed by atoms with E-state index in [0.29, 0.717) is 30.9 Å². The Kier molecular flexibility index (Phi) is 17.1. The molecule has 5 rings (SSSR count). The van der Waals surface area contributed by atoms with Crippen LogP contribution in [0.2, 0.25) is 0 Å². The van der Waals surface area contributed by atoms with Gasteiger partial charge in [0.05, 0.1) is 68.0 Å². The number of cyclic esters (lactones) is 2. The van der Waals surface area contributed by atoms with E-state index in [0.717, 1.165) is 0 Å². The van der Waals surface area contributed by atoms with Gasteiger partial charge in [-0.1, -0.05) is 32.1 Å². The first-order valence-electron chi connectivity index (χ1n) is 22.1. The molecule has 3 aliphatic heterocycles. The van der Waals surface area contributed by atoms with Crippen LogP contribution in [0.25, 0.3) is 0 Å². The second kappa shape index (κ2) is 21.3. The SMILES string of the molecule is CC[C@H]1OC(=O)[C@H](C)[C@@H](O)[C@H](C)[C@@H](O[C@@H]2O[C@H](C)C[C@H](N(C)CCOCc3cn(C[C@H]4CN(c5cccc(F)c5)C(=O)O4)nn3)[C@H]2O)[C@](C)(O)C[C@@H](C)CN(C)[C@H](C)[C@@H](O)[C@]1(C)O. The molecule has 1 aromatic carbocycles. The van der Waals surface area contributed by atoms with Crippen molar-refractivity contribution in [2.24, 2.45) is 17.8 Å². The van der Waals surface area contributed by atoms with Gasteiger partial charge in [-0.05, 0) is 92.1 Å². The number of halogens is 1. The number of anilines is 1. The molecule has 0 spiro atoms. The molecule has 0 bridgehead atoms. The molecule has 1 amide bonds. The molecule has 0 aliphatic carbocycles. The molecule has 0 radical (unpaired) electrons. The first-order valence-corrected chi connectivity index (χ1v) is 22.1. The van der Waals surface area contributed by atoms with E-state index < -0.39 is 95.9 Å². The quantitative estimate of drug-likeness (QED) is 0.152. The number of carbonyl (C=O) groups is 2. The lowest BCUT2D eigenvalue weighted by Crippen LogP contribution is -2.59. The van der Waals surface area contributed by atoms with E-state index in [1.807, 2.05) is 37.7 Å².